The molecule has 0 bridgehead atoms. The zero-order valence-corrected chi connectivity index (χ0v) is 14.8. The van der Waals surface area contributed by atoms with Gasteiger partial charge in [-0.2, -0.15) is 0 Å². The normalized spacial score (nSPS) is 22.5. The number of fused-ring (bicyclic) bond motifs is 1. The Balaban J connectivity index is 2.25. The van der Waals surface area contributed by atoms with E-state index in [4.69, 9.17) is 4.74 Å². The highest BCUT2D eigenvalue weighted by molar-refractivity contribution is 6.22. The molecule has 24 heavy (non-hydrogen) atoms. The standard InChI is InChI=1S/C15H26N5O4/c1-9(2)16-6-10(21)7-20-11(8-24-5)17-13-12(20)14(22)19(4)15(23)18(13)3/h9-10,12,16,21H,6-8H2,1-5H3/q+1. The van der Waals surface area contributed by atoms with Gasteiger partial charge in [0.1, 0.15) is 12.6 Å². The molecule has 0 aliphatic carbocycles. The zero-order valence-electron chi connectivity index (χ0n) is 14.8. The molecule has 2 heterocycles. The smallest absolute Gasteiger partial charge is 0.333 e. The molecule has 2 atom stereocenters. The van der Waals surface area contributed by atoms with E-state index in [0.717, 1.165) is 4.90 Å². The first-order valence-corrected chi connectivity index (χ1v) is 7.94. The molecule has 134 valence electrons. The lowest BCUT2D eigenvalue weighted by molar-refractivity contribution is -0.544. The molecule has 1 fully saturated rings. The minimum atomic E-state index is -0.712. The number of urea groups is 1. The third-order valence-electron chi connectivity index (χ3n) is 4.06. The maximum Gasteiger partial charge on any atom is 0.333 e. The minimum absolute atomic E-state index is 0.198. The van der Waals surface area contributed by atoms with Crippen LogP contribution in [0.15, 0.2) is 4.99 Å². The summed E-state index contributed by atoms with van der Waals surface area (Å²) >= 11 is 0. The molecule has 2 aliphatic rings. The quantitative estimate of drug-likeness (QED) is 0.562. The molecule has 3 amide bonds. The van der Waals surface area contributed by atoms with E-state index in [1.165, 1.54) is 19.1 Å². The second-order valence-electron chi connectivity index (χ2n) is 6.33. The maximum absolute atomic E-state index is 12.6. The van der Waals surface area contributed by atoms with E-state index in [-0.39, 0.29) is 25.1 Å². The average molecular weight is 340 g/mol. The molecule has 2 aliphatic heterocycles. The summed E-state index contributed by atoms with van der Waals surface area (Å²) in [5.41, 5.74) is 0. The lowest BCUT2D eigenvalue weighted by atomic mass is 10.1. The van der Waals surface area contributed by atoms with Crippen LogP contribution in [0, 0.1) is 0 Å². The molecular weight excluding hydrogens is 314 g/mol. The highest BCUT2D eigenvalue weighted by Gasteiger charge is 2.53. The molecule has 0 aromatic carbocycles. The number of β-amino-alcohol motifs (C(OH)–C–C–N with tert-alkyl or cyclic N) is 1. The van der Waals surface area contributed by atoms with Crippen molar-refractivity contribution in [3.05, 3.63) is 0 Å². The summed E-state index contributed by atoms with van der Waals surface area (Å²) < 4.78 is 6.87. The van der Waals surface area contributed by atoms with E-state index in [9.17, 15) is 14.7 Å². The summed E-state index contributed by atoms with van der Waals surface area (Å²) in [6.07, 6.45) is -0.685. The third-order valence-corrected chi connectivity index (χ3v) is 4.06. The Hall–Kier alpha value is -1.84. The van der Waals surface area contributed by atoms with Crippen molar-refractivity contribution in [2.45, 2.75) is 32.0 Å². The maximum atomic E-state index is 12.6. The van der Waals surface area contributed by atoms with Gasteiger partial charge in [-0.1, -0.05) is 13.8 Å². The van der Waals surface area contributed by atoms with Crippen LogP contribution in [0.25, 0.3) is 0 Å². The number of nitrogens with zero attached hydrogens (tertiary/aromatic N) is 4. The second-order valence-corrected chi connectivity index (χ2v) is 6.33. The van der Waals surface area contributed by atoms with E-state index < -0.39 is 18.2 Å². The first-order chi connectivity index (χ1) is 11.3. The number of hydrogen-bond donors (Lipinski definition) is 2. The molecule has 2 unspecified atom stereocenters. The lowest BCUT2D eigenvalue weighted by Crippen LogP contribution is -2.62. The van der Waals surface area contributed by atoms with Crippen LogP contribution in [0.4, 0.5) is 4.79 Å². The van der Waals surface area contributed by atoms with Crippen LogP contribution in [0.2, 0.25) is 0 Å². The molecule has 0 saturated carbocycles. The number of methoxy groups -OCH3 is 1. The predicted molar refractivity (Wildman–Crippen MR) is 88.3 cm³/mol. The van der Waals surface area contributed by atoms with Crippen LogP contribution >= 0.6 is 0 Å². The van der Waals surface area contributed by atoms with Gasteiger partial charge in [-0.3, -0.25) is 14.6 Å². The first kappa shape index (κ1) is 18.5. The van der Waals surface area contributed by atoms with Crippen molar-refractivity contribution >= 4 is 23.6 Å². The lowest BCUT2D eigenvalue weighted by Gasteiger charge is -2.31. The Morgan fingerprint density at radius 2 is 2.00 bits per heavy atom. The first-order valence-electron chi connectivity index (χ1n) is 7.94. The molecule has 1 saturated heterocycles. The largest absolute Gasteiger partial charge is 0.388 e. The molecule has 0 radical (unpaired) electrons. The van der Waals surface area contributed by atoms with E-state index in [1.54, 1.807) is 11.6 Å². The van der Waals surface area contributed by atoms with Gasteiger partial charge in [-0.15, -0.1) is 0 Å². The number of hydrogen-bond acceptors (Lipinski definition) is 6. The number of likely N-dealkylation sites (N-methyl/N-ethyl adjacent to an activating group) is 2. The van der Waals surface area contributed by atoms with Crippen LogP contribution in [-0.2, 0) is 9.53 Å². The van der Waals surface area contributed by atoms with Crippen molar-refractivity contribution in [1.82, 2.24) is 15.1 Å². The summed E-state index contributed by atoms with van der Waals surface area (Å²) in [6, 6.07) is -0.883. The predicted octanol–water partition coefficient (Wildman–Crippen LogP) is -1.29. The van der Waals surface area contributed by atoms with E-state index in [1.807, 2.05) is 13.8 Å². The van der Waals surface area contributed by atoms with Crippen molar-refractivity contribution < 1.29 is 24.0 Å². The SMILES string of the molecule is COCC1=[N+](CC(O)CNC(C)C)C2C(=O)N(C)C(=O)N(C)C2=N1. The van der Waals surface area contributed by atoms with Crippen molar-refractivity contribution in [3.8, 4) is 0 Å². The van der Waals surface area contributed by atoms with E-state index >= 15 is 0 Å². The number of amides is 3. The van der Waals surface area contributed by atoms with Crippen molar-refractivity contribution in [1.29, 1.82) is 0 Å². The molecule has 0 aromatic rings. The van der Waals surface area contributed by atoms with Gasteiger partial charge in [0, 0.05) is 33.8 Å². The van der Waals surface area contributed by atoms with E-state index in [0.29, 0.717) is 18.2 Å². The number of imide groups is 1. The van der Waals surface area contributed by atoms with Gasteiger partial charge in [0.25, 0.3) is 17.8 Å². The topological polar surface area (TPSA) is 97.5 Å². The van der Waals surface area contributed by atoms with Crippen LogP contribution < -0.4 is 5.32 Å². The number of nitrogens with one attached hydrogen (secondary N) is 1. The molecule has 9 heteroatoms. The monoisotopic (exact) mass is 340 g/mol. The Bertz CT molecular complexity index is 586. The highest BCUT2D eigenvalue weighted by Crippen LogP contribution is 2.19. The van der Waals surface area contributed by atoms with Gasteiger partial charge in [-0.25, -0.2) is 9.37 Å². The molecule has 0 spiro atoms. The fourth-order valence-corrected chi connectivity index (χ4v) is 2.77. The van der Waals surface area contributed by atoms with Gasteiger partial charge in [0.05, 0.1) is 0 Å². The van der Waals surface area contributed by atoms with Gasteiger partial charge in [0.15, 0.2) is 6.61 Å². The number of carbonyl (C=O) groups excluding carboxylic acids is 2. The summed E-state index contributed by atoms with van der Waals surface area (Å²) in [6.45, 7) is 4.80. The number of aliphatic imine (C=N–C) groups is 1. The Morgan fingerprint density at radius 1 is 1.33 bits per heavy atom. The Morgan fingerprint density at radius 3 is 2.58 bits per heavy atom. The summed E-state index contributed by atoms with van der Waals surface area (Å²) in [4.78, 5) is 31.5. The average Bonchev–Trinajstić information content (AvgIpc) is 2.88. The summed E-state index contributed by atoms with van der Waals surface area (Å²) in [5.74, 6) is 0.551. The summed E-state index contributed by atoms with van der Waals surface area (Å²) in [7, 11) is 4.57. The van der Waals surface area contributed by atoms with Crippen molar-refractivity contribution in [2.24, 2.45) is 4.99 Å². The van der Waals surface area contributed by atoms with Crippen LogP contribution in [0.5, 0.6) is 0 Å². The fraction of sp³-hybridized carbons (Fsp3) is 0.733. The van der Waals surface area contributed by atoms with Gasteiger partial charge < -0.3 is 15.2 Å². The van der Waals surface area contributed by atoms with Crippen LogP contribution in [0.3, 0.4) is 0 Å². The number of ether oxygens (including phenoxy) is 1. The molecule has 0 aromatic heterocycles. The number of amidine groups is 2. The second kappa shape index (κ2) is 7.37. The Kier molecular flexibility index (Phi) is 5.68. The molecule has 9 nitrogen and oxygen atoms in total. The molecule has 2 N–H and O–H groups in total. The zero-order chi connectivity index (χ0) is 18.0. The van der Waals surface area contributed by atoms with Gasteiger partial charge in [0.2, 0.25) is 0 Å². The number of rotatable bonds is 7. The Labute approximate surface area is 141 Å². The van der Waals surface area contributed by atoms with E-state index in [2.05, 4.69) is 10.3 Å². The number of aliphatic hydroxyl groups excluding tert-OH is 1. The van der Waals surface area contributed by atoms with Crippen LogP contribution in [0.1, 0.15) is 13.8 Å². The third kappa shape index (κ3) is 3.47. The van der Waals surface area contributed by atoms with Gasteiger partial charge >= 0.3 is 11.9 Å². The van der Waals surface area contributed by atoms with Crippen molar-refractivity contribution in [3.63, 3.8) is 0 Å². The fourth-order valence-electron chi connectivity index (χ4n) is 2.77. The number of carbonyl (C=O) groups is 2. The minimum Gasteiger partial charge on any atom is -0.388 e. The highest BCUT2D eigenvalue weighted by atomic mass is 16.5. The van der Waals surface area contributed by atoms with Gasteiger partial charge in [-0.05, 0) is 4.99 Å². The van der Waals surface area contributed by atoms with Crippen molar-refractivity contribution in [2.75, 3.05) is 40.9 Å². The number of aliphatic hydroxyl groups is 1. The van der Waals surface area contributed by atoms with Crippen LogP contribution in [-0.4, -0.2) is 102 Å². The summed E-state index contributed by atoms with van der Waals surface area (Å²) in [5, 5.41) is 13.4. The molecular formula is C15H26N5O4+. The molecule has 2 rings (SSSR count).